The van der Waals surface area contributed by atoms with E-state index in [1.54, 1.807) is 6.07 Å². The maximum Gasteiger partial charge on any atom is 0.403 e. The van der Waals surface area contributed by atoms with Gasteiger partial charge in [-0.25, -0.2) is 0 Å². The molecule has 1 fully saturated rings. The summed E-state index contributed by atoms with van der Waals surface area (Å²) in [5.74, 6) is -0.848. The van der Waals surface area contributed by atoms with Crippen LogP contribution in [0.4, 0.5) is 19.0 Å². The van der Waals surface area contributed by atoms with Gasteiger partial charge in [0.1, 0.15) is 5.41 Å². The summed E-state index contributed by atoms with van der Waals surface area (Å²) in [6.45, 7) is 0. The summed E-state index contributed by atoms with van der Waals surface area (Å²) in [5, 5.41) is 7.99. The van der Waals surface area contributed by atoms with E-state index < -0.39 is 17.5 Å². The summed E-state index contributed by atoms with van der Waals surface area (Å²) < 4.78 is 40.6. The van der Waals surface area contributed by atoms with Crippen LogP contribution in [0.1, 0.15) is 25.7 Å². The lowest BCUT2D eigenvalue weighted by atomic mass is 9.83. The quantitative estimate of drug-likeness (QED) is 0.833. The number of amides is 1. The van der Waals surface area contributed by atoms with Crippen LogP contribution in [-0.2, 0) is 4.79 Å². The Bertz CT molecular complexity index is 738. The van der Waals surface area contributed by atoms with Gasteiger partial charge in [0.25, 0.3) is 0 Å². The largest absolute Gasteiger partial charge is 0.403 e. The minimum absolute atomic E-state index is 0.111. The van der Waals surface area contributed by atoms with E-state index in [0.717, 1.165) is 10.5 Å². The van der Waals surface area contributed by atoms with Gasteiger partial charge in [0.15, 0.2) is 5.82 Å². The molecular formula is C18H18F3N3O. The highest BCUT2D eigenvalue weighted by molar-refractivity contribution is 5.97. The van der Waals surface area contributed by atoms with Gasteiger partial charge < -0.3 is 0 Å². The second kappa shape index (κ2) is 6.46. The number of benzene rings is 1. The second-order valence-electron chi connectivity index (χ2n) is 6.29. The number of halogens is 3. The van der Waals surface area contributed by atoms with Gasteiger partial charge in [-0.1, -0.05) is 43.2 Å². The highest BCUT2D eigenvalue weighted by Crippen LogP contribution is 2.51. The van der Waals surface area contributed by atoms with Gasteiger partial charge in [-0.05, 0) is 25.0 Å². The third-order valence-electron chi connectivity index (χ3n) is 4.78. The first-order valence-electron chi connectivity index (χ1n) is 8.09. The van der Waals surface area contributed by atoms with Crippen LogP contribution in [0.3, 0.4) is 0 Å². The number of hydrogen-bond acceptors (Lipinski definition) is 3. The Balaban J connectivity index is 1.85. The van der Waals surface area contributed by atoms with Crippen LogP contribution in [0, 0.1) is 5.41 Å². The number of alkyl halides is 3. The first kappa shape index (κ1) is 17.4. The first-order valence-corrected chi connectivity index (χ1v) is 8.09. The van der Waals surface area contributed by atoms with E-state index in [9.17, 15) is 18.0 Å². The third-order valence-corrected chi connectivity index (χ3v) is 4.78. The van der Waals surface area contributed by atoms with Crippen molar-refractivity contribution in [1.29, 1.82) is 0 Å². The van der Waals surface area contributed by atoms with E-state index in [0.29, 0.717) is 18.5 Å². The topological polar surface area (TPSA) is 46.1 Å². The van der Waals surface area contributed by atoms with Gasteiger partial charge >= 0.3 is 6.18 Å². The summed E-state index contributed by atoms with van der Waals surface area (Å²) in [6.07, 6.45) is -4.11. The molecule has 0 bridgehead atoms. The minimum atomic E-state index is -4.56. The van der Waals surface area contributed by atoms with Crippen LogP contribution in [-0.4, -0.2) is 29.3 Å². The summed E-state index contributed by atoms with van der Waals surface area (Å²) in [5.41, 5.74) is -0.865. The monoisotopic (exact) mass is 349 g/mol. The van der Waals surface area contributed by atoms with Crippen molar-refractivity contribution in [1.82, 2.24) is 10.2 Å². The zero-order valence-corrected chi connectivity index (χ0v) is 13.8. The molecule has 1 aromatic carbocycles. The van der Waals surface area contributed by atoms with Gasteiger partial charge in [-0.2, -0.15) is 13.2 Å². The standard InChI is InChI=1S/C18H18F3N3O/c1-24(16(25)17(18(19,20)21)11-5-6-12-17)15-10-9-14(22-23-15)13-7-3-2-4-8-13/h2-4,7-10H,5-6,11-12H2,1H3. The van der Waals surface area contributed by atoms with E-state index in [-0.39, 0.29) is 18.7 Å². The molecule has 7 heteroatoms. The van der Waals surface area contributed by atoms with Gasteiger partial charge in [0.2, 0.25) is 5.91 Å². The molecular weight excluding hydrogens is 331 g/mol. The molecule has 0 radical (unpaired) electrons. The van der Waals surface area contributed by atoms with E-state index in [1.165, 1.54) is 13.1 Å². The fourth-order valence-electron chi connectivity index (χ4n) is 3.29. The highest BCUT2D eigenvalue weighted by Gasteiger charge is 2.62. The number of aromatic nitrogens is 2. The summed E-state index contributed by atoms with van der Waals surface area (Å²) in [6, 6.07) is 12.5. The Hall–Kier alpha value is -2.44. The molecule has 1 aromatic heterocycles. The average molecular weight is 349 g/mol. The molecule has 0 aliphatic heterocycles. The molecule has 2 aromatic rings. The average Bonchev–Trinajstić information content (AvgIpc) is 3.12. The van der Waals surface area contributed by atoms with Crippen LogP contribution in [0.25, 0.3) is 11.3 Å². The molecule has 132 valence electrons. The van der Waals surface area contributed by atoms with Crippen LogP contribution in [0.2, 0.25) is 0 Å². The molecule has 1 heterocycles. The molecule has 0 saturated heterocycles. The molecule has 1 aliphatic carbocycles. The van der Waals surface area contributed by atoms with Crippen molar-refractivity contribution >= 4 is 11.7 Å². The number of anilines is 1. The lowest BCUT2D eigenvalue weighted by Crippen LogP contribution is -2.50. The smallest absolute Gasteiger partial charge is 0.298 e. The van der Waals surface area contributed by atoms with Crippen molar-refractivity contribution in [2.45, 2.75) is 31.9 Å². The normalized spacial score (nSPS) is 16.6. The molecule has 25 heavy (non-hydrogen) atoms. The maximum absolute atomic E-state index is 13.5. The molecule has 0 spiro atoms. The Morgan fingerprint density at radius 2 is 1.68 bits per heavy atom. The maximum atomic E-state index is 13.5. The lowest BCUT2D eigenvalue weighted by molar-refractivity contribution is -0.218. The number of nitrogens with zero attached hydrogens (tertiary/aromatic N) is 3. The van der Waals surface area contributed by atoms with Gasteiger partial charge in [-0.3, -0.25) is 9.69 Å². The SMILES string of the molecule is CN(C(=O)C1(C(F)(F)F)CCCC1)c1ccc(-c2ccccc2)nn1. The summed E-state index contributed by atoms with van der Waals surface area (Å²) >= 11 is 0. The summed E-state index contributed by atoms with van der Waals surface area (Å²) in [7, 11) is 1.32. The summed E-state index contributed by atoms with van der Waals surface area (Å²) in [4.78, 5) is 13.6. The van der Waals surface area contributed by atoms with E-state index >= 15 is 0 Å². The van der Waals surface area contributed by atoms with Crippen LogP contribution in [0.15, 0.2) is 42.5 Å². The Kier molecular flexibility index (Phi) is 4.49. The van der Waals surface area contributed by atoms with Crippen molar-refractivity contribution < 1.29 is 18.0 Å². The predicted octanol–water partition coefficient (Wildman–Crippen LogP) is 4.23. The van der Waals surface area contributed by atoms with Crippen molar-refractivity contribution in [3.63, 3.8) is 0 Å². The molecule has 3 rings (SSSR count). The number of hydrogen-bond donors (Lipinski definition) is 0. The molecule has 1 aliphatic rings. The fraction of sp³-hybridized carbons (Fsp3) is 0.389. The second-order valence-corrected chi connectivity index (χ2v) is 6.29. The van der Waals surface area contributed by atoms with Crippen LogP contribution in [0.5, 0.6) is 0 Å². The van der Waals surface area contributed by atoms with Crippen molar-refractivity contribution in [3.05, 3.63) is 42.5 Å². The fourth-order valence-corrected chi connectivity index (χ4v) is 3.29. The zero-order chi connectivity index (χ0) is 18.1. The predicted molar refractivity (Wildman–Crippen MR) is 87.8 cm³/mol. The Morgan fingerprint density at radius 1 is 1.04 bits per heavy atom. The minimum Gasteiger partial charge on any atom is -0.298 e. The molecule has 0 unspecified atom stereocenters. The molecule has 0 atom stereocenters. The van der Waals surface area contributed by atoms with Gasteiger partial charge in [0, 0.05) is 12.6 Å². The van der Waals surface area contributed by atoms with E-state index in [1.807, 2.05) is 30.3 Å². The lowest BCUT2D eigenvalue weighted by Gasteiger charge is -2.33. The van der Waals surface area contributed by atoms with Crippen molar-refractivity contribution in [2.75, 3.05) is 11.9 Å². The molecule has 4 nitrogen and oxygen atoms in total. The Morgan fingerprint density at radius 3 is 2.20 bits per heavy atom. The molecule has 1 amide bonds. The van der Waals surface area contributed by atoms with Crippen LogP contribution < -0.4 is 4.90 Å². The molecule has 0 N–H and O–H groups in total. The van der Waals surface area contributed by atoms with Crippen LogP contribution >= 0.6 is 0 Å². The Labute approximate surface area is 143 Å². The van der Waals surface area contributed by atoms with E-state index in [2.05, 4.69) is 10.2 Å². The number of carbonyl (C=O) groups excluding carboxylic acids is 1. The van der Waals surface area contributed by atoms with Crippen molar-refractivity contribution in [3.8, 4) is 11.3 Å². The van der Waals surface area contributed by atoms with Gasteiger partial charge in [-0.15, -0.1) is 10.2 Å². The molecule has 1 saturated carbocycles. The first-order chi connectivity index (χ1) is 11.8. The van der Waals surface area contributed by atoms with E-state index in [4.69, 9.17) is 0 Å². The highest BCUT2D eigenvalue weighted by atomic mass is 19.4. The number of rotatable bonds is 3. The zero-order valence-electron chi connectivity index (χ0n) is 13.8. The van der Waals surface area contributed by atoms with Crippen molar-refractivity contribution in [2.24, 2.45) is 5.41 Å². The van der Waals surface area contributed by atoms with Gasteiger partial charge in [0.05, 0.1) is 5.69 Å². The third kappa shape index (κ3) is 3.10. The number of carbonyl (C=O) groups is 1.